The second kappa shape index (κ2) is 5.20. The number of ether oxygens (including phenoxy) is 2. The van der Waals surface area contributed by atoms with Gasteiger partial charge in [-0.25, -0.2) is 0 Å². The summed E-state index contributed by atoms with van der Waals surface area (Å²) < 4.78 is 10.6. The molecule has 1 aliphatic rings. The summed E-state index contributed by atoms with van der Waals surface area (Å²) in [6.07, 6.45) is -4.11. The van der Waals surface area contributed by atoms with E-state index in [0.29, 0.717) is 0 Å². The normalized spacial score (nSPS) is 42.2. The highest BCUT2D eigenvalue weighted by Gasteiger charge is 2.43. The quantitative estimate of drug-likeness (QED) is 0.447. The molecule has 0 aromatic heterocycles. The van der Waals surface area contributed by atoms with E-state index in [0.717, 1.165) is 0 Å². The van der Waals surface area contributed by atoms with E-state index in [9.17, 15) is 10.2 Å². The predicted molar refractivity (Wildman–Crippen MR) is 52.0 cm³/mol. The van der Waals surface area contributed by atoms with E-state index in [2.05, 4.69) is 0 Å². The van der Waals surface area contributed by atoms with Gasteiger partial charge in [0, 0.05) is 0 Å². The molecule has 6 heteroatoms. The van der Waals surface area contributed by atoms with Crippen LogP contribution >= 0.6 is 0 Å². The van der Waals surface area contributed by atoms with E-state index < -0.39 is 30.6 Å². The third-order valence-electron chi connectivity index (χ3n) is 2.33. The van der Waals surface area contributed by atoms with Crippen molar-refractivity contribution in [1.82, 2.24) is 0 Å². The van der Waals surface area contributed by atoms with E-state index >= 15 is 0 Å². The lowest BCUT2D eigenvalue weighted by molar-refractivity contribution is -0.274. The van der Waals surface area contributed by atoms with Gasteiger partial charge in [-0.3, -0.25) is 0 Å². The maximum Gasteiger partial charge on any atom is 0.176 e. The molecule has 0 radical (unpaired) electrons. The van der Waals surface area contributed by atoms with Crippen LogP contribution in [0, 0.1) is 0 Å². The third-order valence-corrected chi connectivity index (χ3v) is 2.33. The molecule has 1 fully saturated rings. The summed E-state index contributed by atoms with van der Waals surface area (Å²) >= 11 is 0. The minimum absolute atomic E-state index is 0.108. The molecular formula is C9H19NO5. The van der Waals surface area contributed by atoms with Crippen LogP contribution in [0.4, 0.5) is 0 Å². The van der Waals surface area contributed by atoms with Gasteiger partial charge in [0.05, 0.1) is 18.8 Å². The lowest BCUT2D eigenvalue weighted by atomic mass is 9.98. The minimum Gasteiger partial charge on any atom is -0.394 e. The van der Waals surface area contributed by atoms with Crippen molar-refractivity contribution in [2.75, 3.05) is 6.61 Å². The molecule has 6 nitrogen and oxygen atoms in total. The summed E-state index contributed by atoms with van der Waals surface area (Å²) in [5.74, 6) is 0. The number of nitrogens with two attached hydrogens (primary N) is 1. The standard InChI is InChI=1S/C9H19NO5/c1-4(2)14-9-6(10)8(13)7(12)5(3-11)15-9/h4-9,11-13H,3,10H2,1-2H3/t5-,6-,7+,8-,9+/m1/s1. The molecule has 0 aromatic carbocycles. The zero-order valence-corrected chi connectivity index (χ0v) is 8.91. The summed E-state index contributed by atoms with van der Waals surface area (Å²) in [6.45, 7) is 3.23. The molecule has 0 bridgehead atoms. The van der Waals surface area contributed by atoms with Crippen molar-refractivity contribution < 1.29 is 24.8 Å². The Bertz CT molecular complexity index is 199. The van der Waals surface area contributed by atoms with Gasteiger partial charge in [0.25, 0.3) is 0 Å². The fraction of sp³-hybridized carbons (Fsp3) is 1.00. The monoisotopic (exact) mass is 221 g/mol. The van der Waals surface area contributed by atoms with E-state index in [1.54, 1.807) is 13.8 Å². The van der Waals surface area contributed by atoms with Crippen molar-refractivity contribution in [1.29, 1.82) is 0 Å². The first-order valence-corrected chi connectivity index (χ1v) is 5.01. The zero-order valence-electron chi connectivity index (χ0n) is 8.91. The Hall–Kier alpha value is -0.240. The van der Waals surface area contributed by atoms with Crippen LogP contribution < -0.4 is 5.73 Å². The van der Waals surface area contributed by atoms with Crippen LogP contribution in [0.15, 0.2) is 0 Å². The molecule has 1 aliphatic heterocycles. The molecule has 1 rings (SSSR count). The van der Waals surface area contributed by atoms with Crippen LogP contribution in [0.5, 0.6) is 0 Å². The van der Waals surface area contributed by atoms with Gasteiger partial charge in [0.2, 0.25) is 0 Å². The van der Waals surface area contributed by atoms with Crippen LogP contribution in [-0.2, 0) is 9.47 Å². The van der Waals surface area contributed by atoms with Gasteiger partial charge in [-0.05, 0) is 13.8 Å². The molecule has 5 atom stereocenters. The molecule has 0 unspecified atom stereocenters. The molecule has 0 spiro atoms. The number of hydrogen-bond donors (Lipinski definition) is 4. The van der Waals surface area contributed by atoms with Crippen molar-refractivity contribution in [2.45, 2.75) is 50.6 Å². The Kier molecular flexibility index (Phi) is 4.45. The van der Waals surface area contributed by atoms with Crippen LogP contribution in [0.1, 0.15) is 13.8 Å². The lowest BCUT2D eigenvalue weighted by Gasteiger charge is -2.40. The van der Waals surface area contributed by atoms with Crippen molar-refractivity contribution in [2.24, 2.45) is 5.73 Å². The Morgan fingerprint density at radius 2 is 1.93 bits per heavy atom. The van der Waals surface area contributed by atoms with Crippen LogP contribution in [0.2, 0.25) is 0 Å². The highest BCUT2D eigenvalue weighted by molar-refractivity contribution is 4.91. The molecule has 1 heterocycles. The molecule has 0 aromatic rings. The fourth-order valence-electron chi connectivity index (χ4n) is 1.49. The Morgan fingerprint density at radius 3 is 2.40 bits per heavy atom. The van der Waals surface area contributed by atoms with Gasteiger partial charge in [-0.1, -0.05) is 0 Å². The molecular weight excluding hydrogens is 202 g/mol. The van der Waals surface area contributed by atoms with E-state index in [4.69, 9.17) is 20.3 Å². The molecule has 90 valence electrons. The summed E-state index contributed by atoms with van der Waals surface area (Å²) in [7, 11) is 0. The van der Waals surface area contributed by atoms with Crippen LogP contribution in [0.25, 0.3) is 0 Å². The Labute approximate surface area is 88.6 Å². The highest BCUT2D eigenvalue weighted by Crippen LogP contribution is 2.21. The first-order valence-electron chi connectivity index (χ1n) is 5.01. The first-order chi connectivity index (χ1) is 6.97. The second-order valence-electron chi connectivity index (χ2n) is 3.97. The van der Waals surface area contributed by atoms with Gasteiger partial charge in [0.15, 0.2) is 6.29 Å². The molecule has 0 saturated carbocycles. The predicted octanol–water partition coefficient (Wildman–Crippen LogP) is -1.82. The average Bonchev–Trinajstić information content (AvgIpc) is 2.18. The summed E-state index contributed by atoms with van der Waals surface area (Å²) in [5, 5.41) is 28.0. The lowest BCUT2D eigenvalue weighted by Crippen LogP contribution is -2.62. The summed E-state index contributed by atoms with van der Waals surface area (Å²) in [4.78, 5) is 0. The SMILES string of the molecule is CC(C)O[C@H]1O[C@H](CO)[C@H](O)[C@H](O)[C@H]1N. The number of aliphatic hydroxyl groups is 3. The molecule has 0 aliphatic carbocycles. The smallest absolute Gasteiger partial charge is 0.176 e. The molecule has 15 heavy (non-hydrogen) atoms. The van der Waals surface area contributed by atoms with Crippen LogP contribution in [-0.4, -0.2) is 58.7 Å². The van der Waals surface area contributed by atoms with Gasteiger partial charge in [-0.2, -0.15) is 0 Å². The van der Waals surface area contributed by atoms with Gasteiger partial charge in [0.1, 0.15) is 18.3 Å². The Morgan fingerprint density at radius 1 is 1.33 bits per heavy atom. The third kappa shape index (κ3) is 2.87. The number of hydrogen-bond acceptors (Lipinski definition) is 6. The second-order valence-corrected chi connectivity index (χ2v) is 3.97. The van der Waals surface area contributed by atoms with Gasteiger partial charge >= 0.3 is 0 Å². The highest BCUT2D eigenvalue weighted by atomic mass is 16.7. The molecule has 0 amide bonds. The van der Waals surface area contributed by atoms with E-state index in [1.807, 2.05) is 0 Å². The van der Waals surface area contributed by atoms with Crippen molar-refractivity contribution >= 4 is 0 Å². The number of rotatable bonds is 3. The average molecular weight is 221 g/mol. The maximum absolute atomic E-state index is 9.58. The largest absolute Gasteiger partial charge is 0.394 e. The molecule has 1 saturated heterocycles. The topological polar surface area (TPSA) is 105 Å². The fourth-order valence-corrected chi connectivity index (χ4v) is 1.49. The van der Waals surface area contributed by atoms with Crippen molar-refractivity contribution in [3.8, 4) is 0 Å². The molecule has 5 N–H and O–H groups in total. The summed E-state index contributed by atoms with van der Waals surface area (Å²) in [5.41, 5.74) is 5.64. The van der Waals surface area contributed by atoms with E-state index in [-0.39, 0.29) is 12.7 Å². The zero-order chi connectivity index (χ0) is 11.6. The maximum atomic E-state index is 9.58. The number of aliphatic hydroxyl groups excluding tert-OH is 3. The summed E-state index contributed by atoms with van der Waals surface area (Å²) in [6, 6.07) is -0.815. The van der Waals surface area contributed by atoms with Gasteiger partial charge < -0.3 is 30.5 Å². The Balaban J connectivity index is 2.65. The van der Waals surface area contributed by atoms with Crippen LogP contribution in [0.3, 0.4) is 0 Å². The van der Waals surface area contributed by atoms with Gasteiger partial charge in [-0.15, -0.1) is 0 Å². The van der Waals surface area contributed by atoms with Crippen molar-refractivity contribution in [3.05, 3.63) is 0 Å². The first kappa shape index (κ1) is 12.8. The van der Waals surface area contributed by atoms with E-state index in [1.165, 1.54) is 0 Å². The minimum atomic E-state index is -1.18. The van der Waals surface area contributed by atoms with Crippen molar-refractivity contribution in [3.63, 3.8) is 0 Å².